The third-order valence-electron chi connectivity index (χ3n) is 3.35. The van der Waals surface area contributed by atoms with Gasteiger partial charge in [-0.15, -0.1) is 0 Å². The summed E-state index contributed by atoms with van der Waals surface area (Å²) in [6.07, 6.45) is 1.38. The number of phenols is 1. The molecule has 1 amide bonds. The van der Waals surface area contributed by atoms with E-state index in [1.54, 1.807) is 63.2 Å². The Morgan fingerprint density at radius 3 is 2.71 bits per heavy atom. The number of aromatic hydroxyl groups is 1. The fourth-order valence-electron chi connectivity index (χ4n) is 1.95. The molecule has 0 saturated heterocycles. The van der Waals surface area contributed by atoms with Crippen LogP contribution in [0.25, 0.3) is 0 Å². The number of hydrogen-bond donors (Lipinski definition) is 2. The topological polar surface area (TPSA) is 70.9 Å². The Morgan fingerprint density at radius 2 is 2.00 bits per heavy atom. The number of phenolic OH excluding ortho intramolecular Hbond substituents is 1. The van der Waals surface area contributed by atoms with Gasteiger partial charge in [-0.3, -0.25) is 4.79 Å². The molecule has 24 heavy (non-hydrogen) atoms. The van der Waals surface area contributed by atoms with Crippen molar-refractivity contribution in [1.29, 1.82) is 0 Å². The van der Waals surface area contributed by atoms with Crippen molar-refractivity contribution in [1.82, 2.24) is 5.43 Å². The molecule has 0 heterocycles. The van der Waals surface area contributed by atoms with E-state index in [4.69, 9.17) is 16.3 Å². The van der Waals surface area contributed by atoms with Gasteiger partial charge in [0.15, 0.2) is 5.60 Å². The van der Waals surface area contributed by atoms with Crippen molar-refractivity contribution in [3.05, 3.63) is 58.6 Å². The number of rotatable bonds is 5. The first-order valence-electron chi connectivity index (χ1n) is 7.36. The van der Waals surface area contributed by atoms with Crippen LogP contribution in [0.1, 0.15) is 25.0 Å². The first-order valence-corrected chi connectivity index (χ1v) is 7.74. The van der Waals surface area contributed by atoms with Crippen molar-refractivity contribution in [2.75, 3.05) is 0 Å². The summed E-state index contributed by atoms with van der Waals surface area (Å²) < 4.78 is 5.67. The number of amides is 1. The van der Waals surface area contributed by atoms with E-state index in [1.807, 2.05) is 0 Å². The van der Waals surface area contributed by atoms with Crippen LogP contribution < -0.4 is 10.2 Å². The normalized spacial score (nSPS) is 11.5. The molecule has 0 atom stereocenters. The third kappa shape index (κ3) is 4.49. The van der Waals surface area contributed by atoms with Gasteiger partial charge in [0, 0.05) is 10.6 Å². The van der Waals surface area contributed by atoms with Crippen LogP contribution in [0.3, 0.4) is 0 Å². The van der Waals surface area contributed by atoms with Gasteiger partial charge in [0.05, 0.1) is 6.21 Å². The van der Waals surface area contributed by atoms with E-state index >= 15 is 0 Å². The number of para-hydroxylation sites is 1. The predicted molar refractivity (Wildman–Crippen MR) is 94.7 cm³/mol. The average molecular weight is 347 g/mol. The zero-order valence-corrected chi connectivity index (χ0v) is 14.5. The third-order valence-corrected chi connectivity index (χ3v) is 3.59. The molecular formula is C18H19ClN2O3. The SMILES string of the molecule is Cc1cccc(C=NNC(=O)C(C)(C)Oc2cccc(Cl)c2)c1O. The Balaban J connectivity index is 2.02. The molecule has 0 aliphatic rings. The van der Waals surface area contributed by atoms with Gasteiger partial charge in [0.1, 0.15) is 11.5 Å². The highest BCUT2D eigenvalue weighted by atomic mass is 35.5. The number of carbonyl (C=O) groups excluding carboxylic acids is 1. The highest BCUT2D eigenvalue weighted by molar-refractivity contribution is 6.30. The lowest BCUT2D eigenvalue weighted by Crippen LogP contribution is -2.44. The van der Waals surface area contributed by atoms with Gasteiger partial charge in [0.2, 0.25) is 0 Å². The summed E-state index contributed by atoms with van der Waals surface area (Å²) in [4.78, 5) is 12.3. The molecule has 5 nitrogen and oxygen atoms in total. The quantitative estimate of drug-likeness (QED) is 0.641. The summed E-state index contributed by atoms with van der Waals surface area (Å²) in [5.74, 6) is 0.193. The second-order valence-corrected chi connectivity index (χ2v) is 6.22. The maximum atomic E-state index is 12.3. The van der Waals surface area contributed by atoms with Gasteiger partial charge < -0.3 is 9.84 Å². The van der Waals surface area contributed by atoms with Crippen LogP contribution in [-0.4, -0.2) is 22.8 Å². The zero-order valence-electron chi connectivity index (χ0n) is 13.7. The number of halogens is 1. The van der Waals surface area contributed by atoms with Crippen molar-refractivity contribution in [2.45, 2.75) is 26.4 Å². The molecule has 0 bridgehead atoms. The number of aryl methyl sites for hydroxylation is 1. The molecule has 2 rings (SSSR count). The van der Waals surface area contributed by atoms with Crippen LogP contribution >= 0.6 is 11.6 Å². The van der Waals surface area contributed by atoms with E-state index in [1.165, 1.54) is 6.21 Å². The molecule has 0 radical (unpaired) electrons. The molecule has 0 saturated carbocycles. The fourth-order valence-corrected chi connectivity index (χ4v) is 2.13. The molecule has 0 aromatic heterocycles. The molecule has 6 heteroatoms. The monoisotopic (exact) mass is 346 g/mol. The molecule has 0 spiro atoms. The highest BCUT2D eigenvalue weighted by Gasteiger charge is 2.29. The van der Waals surface area contributed by atoms with E-state index in [-0.39, 0.29) is 5.75 Å². The minimum absolute atomic E-state index is 0.130. The van der Waals surface area contributed by atoms with Gasteiger partial charge >= 0.3 is 0 Å². The minimum Gasteiger partial charge on any atom is -0.507 e. The predicted octanol–water partition coefficient (Wildman–Crippen LogP) is 3.66. The van der Waals surface area contributed by atoms with Crippen molar-refractivity contribution in [3.8, 4) is 11.5 Å². The molecule has 0 fully saturated rings. The van der Waals surface area contributed by atoms with Crippen LogP contribution in [0.2, 0.25) is 5.02 Å². The number of carbonyl (C=O) groups is 1. The number of nitrogens with one attached hydrogen (secondary N) is 1. The van der Waals surface area contributed by atoms with E-state index in [0.717, 1.165) is 5.56 Å². The van der Waals surface area contributed by atoms with Crippen molar-refractivity contribution >= 4 is 23.7 Å². The smallest absolute Gasteiger partial charge is 0.283 e. The summed E-state index contributed by atoms with van der Waals surface area (Å²) in [6.45, 7) is 5.04. The summed E-state index contributed by atoms with van der Waals surface area (Å²) in [6, 6.07) is 12.1. The molecule has 0 unspecified atom stereocenters. The van der Waals surface area contributed by atoms with Gasteiger partial charge in [-0.1, -0.05) is 29.8 Å². The molecule has 2 N–H and O–H groups in total. The summed E-state index contributed by atoms with van der Waals surface area (Å²) in [7, 11) is 0. The summed E-state index contributed by atoms with van der Waals surface area (Å²) in [5.41, 5.74) is 2.52. The molecule has 126 valence electrons. The lowest BCUT2D eigenvalue weighted by Gasteiger charge is -2.24. The Morgan fingerprint density at radius 1 is 1.29 bits per heavy atom. The Hall–Kier alpha value is -2.53. The van der Waals surface area contributed by atoms with Gasteiger partial charge in [0.25, 0.3) is 5.91 Å². The number of hydrazone groups is 1. The lowest BCUT2D eigenvalue weighted by molar-refractivity contribution is -0.134. The molecule has 0 aliphatic heterocycles. The number of hydrogen-bond acceptors (Lipinski definition) is 4. The average Bonchev–Trinajstić information content (AvgIpc) is 2.51. The minimum atomic E-state index is -1.14. The zero-order chi connectivity index (χ0) is 17.7. The van der Waals surface area contributed by atoms with E-state index in [2.05, 4.69) is 10.5 Å². The molecular weight excluding hydrogens is 328 g/mol. The number of benzene rings is 2. The summed E-state index contributed by atoms with van der Waals surface area (Å²) >= 11 is 5.90. The fraction of sp³-hybridized carbons (Fsp3) is 0.222. The van der Waals surface area contributed by atoms with E-state index < -0.39 is 11.5 Å². The van der Waals surface area contributed by atoms with Crippen molar-refractivity contribution in [2.24, 2.45) is 5.10 Å². The van der Waals surface area contributed by atoms with E-state index in [0.29, 0.717) is 16.3 Å². The van der Waals surface area contributed by atoms with Gasteiger partial charge in [-0.25, -0.2) is 5.43 Å². The van der Waals surface area contributed by atoms with Crippen LogP contribution in [0.4, 0.5) is 0 Å². The van der Waals surface area contributed by atoms with Crippen LogP contribution in [0.15, 0.2) is 47.6 Å². The van der Waals surface area contributed by atoms with Gasteiger partial charge in [-0.05, 0) is 50.6 Å². The van der Waals surface area contributed by atoms with Crippen molar-refractivity contribution in [3.63, 3.8) is 0 Å². The summed E-state index contributed by atoms with van der Waals surface area (Å²) in [5, 5.41) is 14.3. The van der Waals surface area contributed by atoms with E-state index in [9.17, 15) is 9.90 Å². The molecule has 2 aromatic rings. The Labute approximate surface area is 145 Å². The maximum absolute atomic E-state index is 12.3. The van der Waals surface area contributed by atoms with Crippen LogP contribution in [-0.2, 0) is 4.79 Å². The lowest BCUT2D eigenvalue weighted by atomic mass is 10.1. The van der Waals surface area contributed by atoms with Crippen molar-refractivity contribution < 1.29 is 14.6 Å². The molecule has 0 aliphatic carbocycles. The maximum Gasteiger partial charge on any atom is 0.283 e. The van der Waals surface area contributed by atoms with Gasteiger partial charge in [-0.2, -0.15) is 5.10 Å². The second-order valence-electron chi connectivity index (χ2n) is 5.78. The van der Waals surface area contributed by atoms with Crippen LogP contribution in [0, 0.1) is 6.92 Å². The van der Waals surface area contributed by atoms with Crippen LogP contribution in [0.5, 0.6) is 11.5 Å². The number of nitrogens with zero attached hydrogens (tertiary/aromatic N) is 1. The largest absolute Gasteiger partial charge is 0.507 e. The Kier molecular flexibility index (Phi) is 5.46. The number of ether oxygens (including phenoxy) is 1. The second kappa shape index (κ2) is 7.36. The Bertz CT molecular complexity index is 773. The highest BCUT2D eigenvalue weighted by Crippen LogP contribution is 2.22. The first-order chi connectivity index (χ1) is 11.3. The first kappa shape index (κ1) is 17.8. The standard InChI is InChI=1S/C18H19ClN2O3/c1-12-6-4-7-13(16(12)22)11-20-21-17(23)18(2,3)24-15-9-5-8-14(19)10-15/h4-11,22H,1-3H3,(H,21,23). The molecule has 2 aromatic carbocycles.